The minimum Gasteiger partial charge on any atom is -0.508 e. The average Bonchev–Trinajstić information content (AvgIpc) is 3.27. The lowest BCUT2D eigenvalue weighted by Gasteiger charge is -2.34. The van der Waals surface area contributed by atoms with E-state index in [9.17, 15) is 9.90 Å². The zero-order valence-electron chi connectivity index (χ0n) is 23.8. The fourth-order valence-corrected chi connectivity index (χ4v) is 5.03. The molecule has 1 heterocycles. The third kappa shape index (κ3) is 11.4. The first-order valence-electron chi connectivity index (χ1n) is 14.2. The molecule has 3 N–H and O–H groups in total. The molecule has 1 saturated heterocycles. The molecule has 1 aliphatic rings. The number of phenols is 1. The Labute approximate surface area is 224 Å². The van der Waals surface area contributed by atoms with E-state index < -0.39 is 23.7 Å². The number of ether oxygens (including phenoxy) is 3. The van der Waals surface area contributed by atoms with Crippen molar-refractivity contribution in [1.82, 2.24) is 0 Å². The highest BCUT2D eigenvalue weighted by atomic mass is 16.7. The predicted molar refractivity (Wildman–Crippen MR) is 149 cm³/mol. The average molecular weight is 518 g/mol. The summed E-state index contributed by atoms with van der Waals surface area (Å²) in [7, 11) is 0. The highest BCUT2D eigenvalue weighted by Gasteiger charge is 2.44. The SMILES string of the molecule is C=C1OCC(C(C)(CCCC(C)CCCC(C)CCCC(C)C)OC(=O)[C@H](N)Cc2ccc(O)cc2)O1. The molecular formula is C31H51NO5. The first kappa shape index (κ1) is 31.0. The van der Waals surface area contributed by atoms with Crippen molar-refractivity contribution in [2.24, 2.45) is 23.5 Å². The molecule has 1 aromatic carbocycles. The summed E-state index contributed by atoms with van der Waals surface area (Å²) in [6.45, 7) is 15.3. The van der Waals surface area contributed by atoms with Gasteiger partial charge in [0, 0.05) is 0 Å². The molecule has 1 fully saturated rings. The second-order valence-electron chi connectivity index (χ2n) is 11.9. The lowest BCUT2D eigenvalue weighted by Crippen LogP contribution is -2.48. The molecule has 6 heteroatoms. The second kappa shape index (κ2) is 15.3. The van der Waals surface area contributed by atoms with Crippen LogP contribution in [0.25, 0.3) is 0 Å². The van der Waals surface area contributed by atoms with Crippen molar-refractivity contribution < 1.29 is 24.1 Å². The van der Waals surface area contributed by atoms with Crippen molar-refractivity contribution in [3.05, 3.63) is 42.4 Å². The van der Waals surface area contributed by atoms with Gasteiger partial charge >= 0.3 is 5.97 Å². The van der Waals surface area contributed by atoms with Crippen LogP contribution in [0.15, 0.2) is 36.8 Å². The number of hydrogen-bond donors (Lipinski definition) is 2. The van der Waals surface area contributed by atoms with Crippen molar-refractivity contribution in [1.29, 1.82) is 0 Å². The van der Waals surface area contributed by atoms with Crippen LogP contribution in [-0.4, -0.2) is 35.4 Å². The standard InChI is InChI=1S/C31H51NO5/c1-22(2)10-7-11-23(3)12-8-13-24(4)14-9-19-31(6,29-21-35-25(5)36-29)37-30(34)28(32)20-26-15-17-27(33)18-16-26/h15-18,22-24,28-29,33H,5,7-14,19-21,32H2,1-4,6H3/t23?,24?,28-,29?,31?/m1/s1. The number of hydrogen-bond acceptors (Lipinski definition) is 6. The van der Waals surface area contributed by atoms with Crippen LogP contribution in [0.2, 0.25) is 0 Å². The summed E-state index contributed by atoms with van der Waals surface area (Å²) >= 11 is 0. The number of esters is 1. The quantitative estimate of drug-likeness (QED) is 0.219. The summed E-state index contributed by atoms with van der Waals surface area (Å²) < 4.78 is 17.2. The predicted octanol–water partition coefficient (Wildman–Crippen LogP) is 6.89. The maximum Gasteiger partial charge on any atom is 0.323 e. The summed E-state index contributed by atoms with van der Waals surface area (Å²) in [5.74, 6) is 2.19. The highest BCUT2D eigenvalue weighted by molar-refractivity contribution is 5.76. The molecule has 0 bridgehead atoms. The lowest BCUT2D eigenvalue weighted by atomic mass is 9.88. The van der Waals surface area contributed by atoms with E-state index in [0.717, 1.165) is 30.2 Å². The molecule has 5 atom stereocenters. The van der Waals surface area contributed by atoms with E-state index in [4.69, 9.17) is 19.9 Å². The van der Waals surface area contributed by atoms with Gasteiger partial charge in [0.05, 0.1) is 0 Å². The largest absolute Gasteiger partial charge is 0.508 e. The van der Waals surface area contributed by atoms with Crippen molar-refractivity contribution in [2.45, 2.75) is 117 Å². The molecule has 0 radical (unpaired) electrons. The van der Waals surface area contributed by atoms with Crippen molar-refractivity contribution in [2.75, 3.05) is 6.61 Å². The fourth-order valence-electron chi connectivity index (χ4n) is 5.03. The molecular weight excluding hydrogens is 466 g/mol. The molecule has 2 rings (SSSR count). The van der Waals surface area contributed by atoms with Gasteiger partial charge in [-0.1, -0.05) is 84.8 Å². The van der Waals surface area contributed by atoms with Crippen LogP contribution < -0.4 is 5.73 Å². The van der Waals surface area contributed by atoms with Gasteiger partial charge in [0.2, 0.25) is 0 Å². The summed E-state index contributed by atoms with van der Waals surface area (Å²) in [5, 5.41) is 9.48. The minimum absolute atomic E-state index is 0.177. The van der Waals surface area contributed by atoms with Gasteiger partial charge in [-0.3, -0.25) is 4.79 Å². The third-order valence-corrected chi connectivity index (χ3v) is 7.62. The van der Waals surface area contributed by atoms with Gasteiger partial charge in [-0.15, -0.1) is 0 Å². The molecule has 0 saturated carbocycles. The Bertz CT molecular complexity index is 823. The van der Waals surface area contributed by atoms with Crippen LogP contribution in [0.4, 0.5) is 0 Å². The van der Waals surface area contributed by atoms with E-state index in [-0.39, 0.29) is 11.7 Å². The Hall–Kier alpha value is -2.21. The summed E-state index contributed by atoms with van der Waals surface area (Å²) in [6, 6.07) is 5.87. The Balaban J connectivity index is 1.82. The number of carbonyl (C=O) groups is 1. The van der Waals surface area contributed by atoms with Gasteiger partial charge in [-0.2, -0.15) is 0 Å². The van der Waals surface area contributed by atoms with E-state index in [1.165, 1.54) is 38.5 Å². The van der Waals surface area contributed by atoms with Crippen LogP contribution in [0.5, 0.6) is 5.75 Å². The number of aromatic hydroxyl groups is 1. The summed E-state index contributed by atoms with van der Waals surface area (Å²) in [5.41, 5.74) is 6.20. The molecule has 210 valence electrons. The van der Waals surface area contributed by atoms with Crippen LogP contribution in [-0.2, 0) is 25.4 Å². The van der Waals surface area contributed by atoms with Crippen molar-refractivity contribution in [3.8, 4) is 5.75 Å². The van der Waals surface area contributed by atoms with Gasteiger partial charge < -0.3 is 25.1 Å². The van der Waals surface area contributed by atoms with Crippen molar-refractivity contribution in [3.63, 3.8) is 0 Å². The summed E-state index contributed by atoms with van der Waals surface area (Å²) in [6.07, 6.45) is 10.4. The zero-order chi connectivity index (χ0) is 27.4. The first-order valence-corrected chi connectivity index (χ1v) is 14.2. The van der Waals surface area contributed by atoms with Crippen LogP contribution >= 0.6 is 0 Å². The van der Waals surface area contributed by atoms with Gasteiger partial charge in [0.15, 0.2) is 6.10 Å². The first-order chi connectivity index (χ1) is 17.5. The maximum atomic E-state index is 13.0. The van der Waals surface area contributed by atoms with E-state index in [1.54, 1.807) is 24.3 Å². The topological polar surface area (TPSA) is 91.0 Å². The molecule has 6 nitrogen and oxygen atoms in total. The Morgan fingerprint density at radius 1 is 1.05 bits per heavy atom. The Morgan fingerprint density at radius 3 is 2.16 bits per heavy atom. The van der Waals surface area contributed by atoms with E-state index in [1.807, 2.05) is 6.92 Å². The maximum absolute atomic E-state index is 13.0. The Morgan fingerprint density at radius 2 is 1.62 bits per heavy atom. The monoisotopic (exact) mass is 517 g/mol. The molecule has 1 aromatic rings. The van der Waals surface area contributed by atoms with E-state index >= 15 is 0 Å². The van der Waals surface area contributed by atoms with Gasteiger partial charge in [0.1, 0.15) is 24.0 Å². The van der Waals surface area contributed by atoms with Crippen LogP contribution in [0.1, 0.15) is 98.0 Å². The highest BCUT2D eigenvalue weighted by Crippen LogP contribution is 2.33. The number of phenolic OH excluding ortho intramolecular Hbond substituents is 1. The molecule has 1 aliphatic heterocycles. The summed E-state index contributed by atoms with van der Waals surface area (Å²) in [4.78, 5) is 13.0. The minimum atomic E-state index is -0.853. The molecule has 0 aliphatic carbocycles. The van der Waals surface area contributed by atoms with Crippen LogP contribution in [0, 0.1) is 17.8 Å². The number of nitrogens with two attached hydrogens (primary N) is 1. The van der Waals surface area contributed by atoms with Gasteiger partial charge in [-0.05, 0) is 68.2 Å². The zero-order valence-corrected chi connectivity index (χ0v) is 23.8. The molecule has 0 aromatic heterocycles. The van der Waals surface area contributed by atoms with Gasteiger partial charge in [-0.25, -0.2) is 0 Å². The van der Waals surface area contributed by atoms with E-state index in [2.05, 4.69) is 34.3 Å². The number of rotatable bonds is 17. The number of benzene rings is 1. The van der Waals surface area contributed by atoms with Crippen molar-refractivity contribution >= 4 is 5.97 Å². The lowest BCUT2D eigenvalue weighted by molar-refractivity contribution is -0.172. The Kier molecular flexibility index (Phi) is 12.8. The molecule has 0 spiro atoms. The smallest absolute Gasteiger partial charge is 0.323 e. The van der Waals surface area contributed by atoms with Crippen LogP contribution in [0.3, 0.4) is 0 Å². The third-order valence-electron chi connectivity index (χ3n) is 7.62. The molecule has 37 heavy (non-hydrogen) atoms. The van der Waals surface area contributed by atoms with Gasteiger partial charge in [0.25, 0.3) is 5.95 Å². The molecule has 4 unspecified atom stereocenters. The second-order valence-corrected chi connectivity index (χ2v) is 11.9. The van der Waals surface area contributed by atoms with E-state index in [0.29, 0.717) is 25.4 Å². The normalized spacial score (nSPS) is 19.5. The number of carbonyl (C=O) groups excluding carboxylic acids is 1. The fraction of sp³-hybridized carbons (Fsp3) is 0.710. The molecule has 0 amide bonds.